The molecular formula is C12H8ClF3N4O. The number of aromatic nitrogens is 2. The number of benzene rings is 1. The molecule has 0 spiro atoms. The Labute approximate surface area is 122 Å². The molecule has 2 rings (SSSR count). The van der Waals surface area contributed by atoms with E-state index < -0.39 is 17.6 Å². The van der Waals surface area contributed by atoms with Gasteiger partial charge < -0.3 is 11.1 Å². The third kappa shape index (κ3) is 3.60. The van der Waals surface area contributed by atoms with E-state index in [0.717, 1.165) is 24.4 Å². The first-order valence-corrected chi connectivity index (χ1v) is 5.91. The molecule has 21 heavy (non-hydrogen) atoms. The summed E-state index contributed by atoms with van der Waals surface area (Å²) in [5.74, 6) is -0.756. The van der Waals surface area contributed by atoms with Crippen molar-refractivity contribution in [2.45, 2.75) is 6.18 Å². The number of rotatable bonds is 2. The quantitative estimate of drug-likeness (QED) is 0.892. The molecular weight excluding hydrogens is 309 g/mol. The van der Waals surface area contributed by atoms with Crippen molar-refractivity contribution in [2.24, 2.45) is 0 Å². The van der Waals surface area contributed by atoms with Crippen molar-refractivity contribution in [1.82, 2.24) is 9.97 Å². The molecule has 2 aromatic rings. The lowest BCUT2D eigenvalue weighted by Gasteiger charge is -2.11. The molecule has 1 aromatic carbocycles. The molecule has 1 heterocycles. The molecule has 1 amide bonds. The van der Waals surface area contributed by atoms with Crippen LogP contribution < -0.4 is 11.1 Å². The van der Waals surface area contributed by atoms with Gasteiger partial charge in [0.2, 0.25) is 0 Å². The van der Waals surface area contributed by atoms with E-state index in [0.29, 0.717) is 0 Å². The highest BCUT2D eigenvalue weighted by Crippen LogP contribution is 2.33. The van der Waals surface area contributed by atoms with Gasteiger partial charge in [-0.05, 0) is 18.2 Å². The van der Waals surface area contributed by atoms with Crippen molar-refractivity contribution in [3.63, 3.8) is 0 Å². The van der Waals surface area contributed by atoms with Gasteiger partial charge in [0, 0.05) is 0 Å². The predicted octanol–water partition coefficient (Wildman–Crippen LogP) is 2.98. The maximum atomic E-state index is 12.6. The molecule has 5 nitrogen and oxygen atoms in total. The van der Waals surface area contributed by atoms with Gasteiger partial charge in [-0.25, -0.2) is 4.98 Å². The fourth-order valence-electron chi connectivity index (χ4n) is 1.47. The van der Waals surface area contributed by atoms with Crippen molar-refractivity contribution in [2.75, 3.05) is 11.1 Å². The minimum Gasteiger partial charge on any atom is -0.382 e. The number of alkyl halides is 3. The molecule has 0 bridgehead atoms. The van der Waals surface area contributed by atoms with Crippen LogP contribution in [0.5, 0.6) is 0 Å². The van der Waals surface area contributed by atoms with Crippen LogP contribution in [0.1, 0.15) is 16.1 Å². The Morgan fingerprint density at radius 1 is 1.29 bits per heavy atom. The summed E-state index contributed by atoms with van der Waals surface area (Å²) in [6.45, 7) is 0. The van der Waals surface area contributed by atoms with Crippen LogP contribution in [0, 0.1) is 0 Å². The average molecular weight is 317 g/mol. The van der Waals surface area contributed by atoms with Gasteiger partial charge in [-0.2, -0.15) is 13.2 Å². The van der Waals surface area contributed by atoms with Crippen LogP contribution in [0.2, 0.25) is 5.02 Å². The van der Waals surface area contributed by atoms with Crippen molar-refractivity contribution >= 4 is 29.0 Å². The number of carbonyl (C=O) groups excluding carboxylic acids is 1. The zero-order valence-electron chi connectivity index (χ0n) is 10.3. The van der Waals surface area contributed by atoms with Crippen molar-refractivity contribution in [3.05, 3.63) is 46.9 Å². The van der Waals surface area contributed by atoms with E-state index in [1.807, 2.05) is 0 Å². The van der Waals surface area contributed by atoms with Crippen LogP contribution in [0.15, 0.2) is 30.6 Å². The van der Waals surface area contributed by atoms with Gasteiger partial charge >= 0.3 is 6.18 Å². The second kappa shape index (κ2) is 5.57. The van der Waals surface area contributed by atoms with Crippen molar-refractivity contribution < 1.29 is 18.0 Å². The van der Waals surface area contributed by atoms with Crippen LogP contribution in [0.4, 0.5) is 24.7 Å². The maximum Gasteiger partial charge on any atom is 0.416 e. The molecule has 0 aliphatic carbocycles. The monoisotopic (exact) mass is 316 g/mol. The van der Waals surface area contributed by atoms with E-state index >= 15 is 0 Å². The molecule has 1 aromatic heterocycles. The molecule has 0 fully saturated rings. The summed E-state index contributed by atoms with van der Waals surface area (Å²) in [4.78, 5) is 19.2. The number of hydrogen-bond acceptors (Lipinski definition) is 4. The van der Waals surface area contributed by atoms with Gasteiger partial charge in [-0.15, -0.1) is 0 Å². The van der Waals surface area contributed by atoms with Gasteiger partial charge in [0.05, 0.1) is 28.7 Å². The van der Waals surface area contributed by atoms with Gasteiger partial charge in [-0.3, -0.25) is 9.78 Å². The van der Waals surface area contributed by atoms with Crippen molar-refractivity contribution in [3.8, 4) is 0 Å². The molecule has 3 N–H and O–H groups in total. The number of nitrogens with one attached hydrogen (secondary N) is 1. The van der Waals surface area contributed by atoms with Crippen LogP contribution in [-0.2, 0) is 6.18 Å². The first-order valence-electron chi connectivity index (χ1n) is 5.53. The standard InChI is InChI=1S/C12H8ClF3N4O/c13-7-2-1-6(12(14,15)16)3-8(7)20-11(21)9-4-18-5-10(17)19-9/h1-5H,(H2,17,19)(H,20,21). The Morgan fingerprint density at radius 3 is 2.62 bits per heavy atom. The number of amides is 1. The third-order valence-electron chi connectivity index (χ3n) is 2.43. The summed E-state index contributed by atoms with van der Waals surface area (Å²) >= 11 is 5.77. The molecule has 0 aliphatic rings. The Balaban J connectivity index is 2.29. The highest BCUT2D eigenvalue weighted by molar-refractivity contribution is 6.33. The third-order valence-corrected chi connectivity index (χ3v) is 2.76. The number of nitrogens with zero attached hydrogens (tertiary/aromatic N) is 2. The first kappa shape index (κ1) is 15.0. The Hall–Kier alpha value is -2.35. The maximum absolute atomic E-state index is 12.6. The normalized spacial score (nSPS) is 11.2. The van der Waals surface area contributed by atoms with Crippen LogP contribution in [0.3, 0.4) is 0 Å². The Morgan fingerprint density at radius 2 is 2.00 bits per heavy atom. The first-order chi connectivity index (χ1) is 9.77. The zero-order chi connectivity index (χ0) is 15.6. The fraction of sp³-hybridized carbons (Fsp3) is 0.0833. The second-order valence-electron chi connectivity index (χ2n) is 3.98. The van der Waals surface area contributed by atoms with Crippen LogP contribution >= 0.6 is 11.6 Å². The zero-order valence-corrected chi connectivity index (χ0v) is 11.0. The lowest BCUT2D eigenvalue weighted by Crippen LogP contribution is -2.16. The molecule has 0 unspecified atom stereocenters. The SMILES string of the molecule is Nc1cncc(C(=O)Nc2cc(C(F)(F)F)ccc2Cl)n1. The lowest BCUT2D eigenvalue weighted by molar-refractivity contribution is -0.137. The fourth-order valence-corrected chi connectivity index (χ4v) is 1.64. The molecule has 0 saturated heterocycles. The summed E-state index contributed by atoms with van der Waals surface area (Å²) in [6, 6.07) is 2.60. The summed E-state index contributed by atoms with van der Waals surface area (Å²) in [5.41, 5.74) is 4.13. The summed E-state index contributed by atoms with van der Waals surface area (Å²) in [5, 5.41) is 2.20. The number of hydrogen-bond donors (Lipinski definition) is 2. The molecule has 9 heteroatoms. The number of nitrogen functional groups attached to an aromatic ring is 1. The highest BCUT2D eigenvalue weighted by atomic mass is 35.5. The molecule has 0 atom stereocenters. The Bertz CT molecular complexity index is 690. The van der Waals surface area contributed by atoms with Gasteiger partial charge in [0.1, 0.15) is 11.5 Å². The molecule has 0 saturated carbocycles. The minimum absolute atomic E-state index is 0.0118. The molecule has 0 radical (unpaired) electrons. The van der Waals surface area contributed by atoms with E-state index in [9.17, 15) is 18.0 Å². The number of nitrogens with two attached hydrogens (primary N) is 1. The predicted molar refractivity (Wildman–Crippen MR) is 70.9 cm³/mol. The largest absolute Gasteiger partial charge is 0.416 e. The number of halogens is 4. The number of anilines is 2. The highest BCUT2D eigenvalue weighted by Gasteiger charge is 2.31. The van der Waals surface area contributed by atoms with Crippen LogP contribution in [-0.4, -0.2) is 15.9 Å². The number of carbonyl (C=O) groups is 1. The average Bonchev–Trinajstić information content (AvgIpc) is 2.40. The second-order valence-corrected chi connectivity index (χ2v) is 4.38. The van der Waals surface area contributed by atoms with E-state index in [1.165, 1.54) is 6.20 Å². The van der Waals surface area contributed by atoms with Gasteiger partial charge in [-0.1, -0.05) is 11.6 Å². The Kier molecular flexibility index (Phi) is 3.99. The molecule has 110 valence electrons. The van der Waals surface area contributed by atoms with E-state index in [-0.39, 0.29) is 22.2 Å². The van der Waals surface area contributed by atoms with Crippen LogP contribution in [0.25, 0.3) is 0 Å². The summed E-state index contributed by atoms with van der Waals surface area (Å²) in [7, 11) is 0. The van der Waals surface area contributed by atoms with E-state index in [1.54, 1.807) is 0 Å². The van der Waals surface area contributed by atoms with Gasteiger partial charge in [0.25, 0.3) is 5.91 Å². The minimum atomic E-state index is -4.54. The summed E-state index contributed by atoms with van der Waals surface area (Å²) in [6.07, 6.45) is -2.18. The van der Waals surface area contributed by atoms with E-state index in [2.05, 4.69) is 15.3 Å². The lowest BCUT2D eigenvalue weighted by atomic mass is 10.2. The van der Waals surface area contributed by atoms with E-state index in [4.69, 9.17) is 17.3 Å². The summed E-state index contributed by atoms with van der Waals surface area (Å²) < 4.78 is 37.9. The molecule has 0 aliphatic heterocycles. The van der Waals surface area contributed by atoms with Crippen molar-refractivity contribution in [1.29, 1.82) is 0 Å². The topological polar surface area (TPSA) is 80.9 Å². The van der Waals surface area contributed by atoms with Gasteiger partial charge in [0.15, 0.2) is 0 Å². The smallest absolute Gasteiger partial charge is 0.382 e.